The molecular formula is C19H29ClN2OS. The maximum absolute atomic E-state index is 12.4. The van der Waals surface area contributed by atoms with Crippen LogP contribution < -0.4 is 5.32 Å². The number of halogens is 1. The second-order valence-corrected chi connectivity index (χ2v) is 7.84. The van der Waals surface area contributed by atoms with Crippen LogP contribution in [0, 0.1) is 5.92 Å². The highest BCUT2D eigenvalue weighted by atomic mass is 35.5. The van der Waals surface area contributed by atoms with Crippen molar-refractivity contribution < 1.29 is 4.79 Å². The van der Waals surface area contributed by atoms with Gasteiger partial charge in [-0.1, -0.05) is 6.07 Å². The number of aryl methyl sites for hydroxylation is 2. The minimum absolute atomic E-state index is 0. The zero-order chi connectivity index (χ0) is 16.1. The first-order chi connectivity index (χ1) is 11.3. The molecule has 1 fully saturated rings. The van der Waals surface area contributed by atoms with Gasteiger partial charge in [0.1, 0.15) is 0 Å². The SMILES string of the molecule is CNCCC1CCN(C(=O)CSc2ccc3c(c2)CCC3)CC1.Cl. The average Bonchev–Trinajstić information content (AvgIpc) is 3.06. The third-order valence-electron chi connectivity index (χ3n) is 5.20. The van der Waals surface area contributed by atoms with Gasteiger partial charge in [0, 0.05) is 18.0 Å². The Hall–Kier alpha value is -0.710. The molecule has 3 rings (SSSR count). The lowest BCUT2D eigenvalue weighted by Gasteiger charge is -2.32. The Morgan fingerprint density at radius 2 is 2.00 bits per heavy atom. The number of likely N-dealkylation sites (tertiary alicyclic amines) is 1. The van der Waals surface area contributed by atoms with Gasteiger partial charge in [-0.15, -0.1) is 24.2 Å². The van der Waals surface area contributed by atoms with Gasteiger partial charge in [0.15, 0.2) is 0 Å². The summed E-state index contributed by atoms with van der Waals surface area (Å²) in [6.45, 7) is 2.97. The lowest BCUT2D eigenvalue weighted by Crippen LogP contribution is -2.39. The third-order valence-corrected chi connectivity index (χ3v) is 6.18. The highest BCUT2D eigenvalue weighted by Crippen LogP contribution is 2.28. The van der Waals surface area contributed by atoms with E-state index >= 15 is 0 Å². The van der Waals surface area contributed by atoms with E-state index in [-0.39, 0.29) is 12.4 Å². The van der Waals surface area contributed by atoms with Crippen LogP contribution in [0.4, 0.5) is 0 Å². The van der Waals surface area contributed by atoms with Crippen molar-refractivity contribution >= 4 is 30.1 Å². The molecule has 0 radical (unpaired) electrons. The van der Waals surface area contributed by atoms with Crippen LogP contribution in [0.3, 0.4) is 0 Å². The van der Waals surface area contributed by atoms with Crippen molar-refractivity contribution in [2.45, 2.75) is 43.4 Å². The molecule has 1 aromatic carbocycles. The third kappa shape index (κ3) is 5.14. The van der Waals surface area contributed by atoms with Crippen molar-refractivity contribution in [2.24, 2.45) is 5.92 Å². The van der Waals surface area contributed by atoms with E-state index in [9.17, 15) is 4.79 Å². The molecular weight excluding hydrogens is 340 g/mol. The lowest BCUT2D eigenvalue weighted by molar-refractivity contribution is -0.129. The summed E-state index contributed by atoms with van der Waals surface area (Å²) in [5.41, 5.74) is 3.00. The molecule has 0 unspecified atom stereocenters. The van der Waals surface area contributed by atoms with Crippen LogP contribution in [-0.4, -0.2) is 43.2 Å². The van der Waals surface area contributed by atoms with Gasteiger partial charge in [0.05, 0.1) is 5.75 Å². The van der Waals surface area contributed by atoms with Crippen LogP contribution in [0.25, 0.3) is 0 Å². The molecule has 0 spiro atoms. The summed E-state index contributed by atoms with van der Waals surface area (Å²) >= 11 is 1.70. The van der Waals surface area contributed by atoms with E-state index < -0.39 is 0 Å². The first-order valence-corrected chi connectivity index (χ1v) is 9.92. The minimum Gasteiger partial charge on any atom is -0.342 e. The molecule has 0 bridgehead atoms. The number of amides is 1. The number of fused-ring (bicyclic) bond motifs is 1. The van der Waals surface area contributed by atoms with Crippen molar-refractivity contribution in [3.8, 4) is 0 Å². The van der Waals surface area contributed by atoms with Crippen LogP contribution in [0.5, 0.6) is 0 Å². The number of hydrogen-bond acceptors (Lipinski definition) is 3. The van der Waals surface area contributed by atoms with Crippen LogP contribution >= 0.6 is 24.2 Å². The van der Waals surface area contributed by atoms with E-state index in [1.807, 2.05) is 7.05 Å². The van der Waals surface area contributed by atoms with Crippen molar-refractivity contribution in [3.05, 3.63) is 29.3 Å². The van der Waals surface area contributed by atoms with Crippen molar-refractivity contribution in [3.63, 3.8) is 0 Å². The molecule has 1 aromatic rings. The number of nitrogens with zero attached hydrogens (tertiary/aromatic N) is 1. The van der Waals surface area contributed by atoms with Crippen molar-refractivity contribution in [1.82, 2.24) is 10.2 Å². The van der Waals surface area contributed by atoms with E-state index in [0.717, 1.165) is 38.4 Å². The number of carbonyl (C=O) groups excluding carboxylic acids is 1. The number of carbonyl (C=O) groups is 1. The standard InChI is InChI=1S/C19H28N2OS.ClH/c1-20-10-7-15-8-11-21(12-9-15)19(22)14-23-18-6-5-16-3-2-4-17(16)13-18;/h5-6,13,15,20H,2-4,7-12,14H2,1H3;1H. The molecule has 1 saturated heterocycles. The first kappa shape index (κ1) is 19.6. The second kappa shape index (κ2) is 9.69. The molecule has 1 N–H and O–H groups in total. The fraction of sp³-hybridized carbons (Fsp3) is 0.632. The summed E-state index contributed by atoms with van der Waals surface area (Å²) in [6.07, 6.45) is 7.28. The second-order valence-electron chi connectivity index (χ2n) is 6.79. The fourth-order valence-corrected chi connectivity index (χ4v) is 4.56. The Morgan fingerprint density at radius 1 is 1.25 bits per heavy atom. The molecule has 2 aliphatic rings. The molecule has 3 nitrogen and oxygen atoms in total. The van der Waals surface area contributed by atoms with Crippen molar-refractivity contribution in [2.75, 3.05) is 32.4 Å². The number of piperidine rings is 1. The van der Waals surface area contributed by atoms with Gasteiger partial charge >= 0.3 is 0 Å². The quantitative estimate of drug-likeness (QED) is 0.779. The predicted molar refractivity (Wildman–Crippen MR) is 104 cm³/mol. The Balaban J connectivity index is 0.00000208. The van der Waals surface area contributed by atoms with E-state index in [2.05, 4.69) is 28.4 Å². The number of nitrogens with one attached hydrogen (secondary N) is 1. The van der Waals surface area contributed by atoms with Crippen LogP contribution in [0.2, 0.25) is 0 Å². The normalized spacial score (nSPS) is 17.5. The fourth-order valence-electron chi connectivity index (χ4n) is 3.69. The van der Waals surface area contributed by atoms with Gasteiger partial charge in [-0.2, -0.15) is 0 Å². The first-order valence-electron chi connectivity index (χ1n) is 8.93. The van der Waals surface area contributed by atoms with Crippen molar-refractivity contribution in [1.29, 1.82) is 0 Å². The number of thioether (sulfide) groups is 1. The van der Waals surface area contributed by atoms with Gasteiger partial charge in [-0.3, -0.25) is 4.79 Å². The Kier molecular flexibility index (Phi) is 7.92. The Morgan fingerprint density at radius 3 is 2.75 bits per heavy atom. The molecule has 0 aromatic heterocycles. The zero-order valence-corrected chi connectivity index (χ0v) is 16.2. The van der Waals surface area contributed by atoms with E-state index in [4.69, 9.17) is 0 Å². The summed E-state index contributed by atoms with van der Waals surface area (Å²) in [5, 5.41) is 3.22. The molecule has 0 atom stereocenters. The zero-order valence-electron chi connectivity index (χ0n) is 14.6. The smallest absolute Gasteiger partial charge is 0.232 e. The van der Waals surface area contributed by atoms with Crippen LogP contribution in [-0.2, 0) is 17.6 Å². The summed E-state index contributed by atoms with van der Waals surface area (Å²) in [6, 6.07) is 6.73. The van der Waals surface area contributed by atoms with Gasteiger partial charge in [0.25, 0.3) is 0 Å². The topological polar surface area (TPSA) is 32.3 Å². The van der Waals surface area contributed by atoms with E-state index in [1.54, 1.807) is 11.8 Å². The number of rotatable bonds is 6. The lowest BCUT2D eigenvalue weighted by atomic mass is 9.93. The summed E-state index contributed by atoms with van der Waals surface area (Å²) in [5.74, 6) is 1.68. The highest BCUT2D eigenvalue weighted by Gasteiger charge is 2.22. The number of hydrogen-bond donors (Lipinski definition) is 1. The van der Waals surface area contributed by atoms with Crippen LogP contribution in [0.15, 0.2) is 23.1 Å². The van der Waals surface area contributed by atoms with Crippen LogP contribution in [0.1, 0.15) is 36.8 Å². The van der Waals surface area contributed by atoms with Gasteiger partial charge in [-0.25, -0.2) is 0 Å². The Bertz CT molecular complexity index is 544. The minimum atomic E-state index is 0. The van der Waals surface area contributed by atoms with E-state index in [1.165, 1.54) is 41.7 Å². The molecule has 1 aliphatic carbocycles. The van der Waals surface area contributed by atoms with Gasteiger partial charge in [0.2, 0.25) is 5.91 Å². The summed E-state index contributed by atoms with van der Waals surface area (Å²) in [4.78, 5) is 15.7. The molecule has 134 valence electrons. The molecule has 1 aliphatic heterocycles. The summed E-state index contributed by atoms with van der Waals surface area (Å²) in [7, 11) is 2.01. The van der Waals surface area contributed by atoms with Gasteiger partial charge < -0.3 is 10.2 Å². The number of benzene rings is 1. The largest absolute Gasteiger partial charge is 0.342 e. The monoisotopic (exact) mass is 368 g/mol. The molecule has 5 heteroatoms. The van der Waals surface area contributed by atoms with Gasteiger partial charge in [-0.05, 0) is 81.3 Å². The summed E-state index contributed by atoms with van der Waals surface area (Å²) < 4.78 is 0. The molecule has 24 heavy (non-hydrogen) atoms. The molecule has 1 amide bonds. The molecule has 0 saturated carbocycles. The average molecular weight is 369 g/mol. The molecule has 1 heterocycles. The predicted octanol–water partition coefficient (Wildman–Crippen LogP) is 3.54. The van der Waals surface area contributed by atoms with E-state index in [0.29, 0.717) is 11.7 Å². The maximum Gasteiger partial charge on any atom is 0.232 e. The highest BCUT2D eigenvalue weighted by molar-refractivity contribution is 8.00. The maximum atomic E-state index is 12.4. The Labute approximate surface area is 156 Å².